The fourth-order valence-electron chi connectivity index (χ4n) is 2.04. The lowest BCUT2D eigenvalue weighted by atomic mass is 9.89. The number of nitrogens with two attached hydrogens (primary N) is 1. The zero-order valence-electron chi connectivity index (χ0n) is 10.3. The number of alkyl halides is 2. The van der Waals surface area contributed by atoms with Crippen molar-refractivity contribution in [3.8, 4) is 5.75 Å². The molecule has 1 unspecified atom stereocenters. The van der Waals surface area contributed by atoms with E-state index in [1.54, 1.807) is 31.4 Å². The molecular weight excluding hydrogens is 236 g/mol. The van der Waals surface area contributed by atoms with Crippen molar-refractivity contribution in [2.45, 2.75) is 18.9 Å². The summed E-state index contributed by atoms with van der Waals surface area (Å²) in [5.41, 5.74) is 4.50. The van der Waals surface area contributed by atoms with E-state index in [0.29, 0.717) is 16.7 Å². The molecule has 0 saturated heterocycles. The van der Waals surface area contributed by atoms with Gasteiger partial charge in [0.1, 0.15) is 11.3 Å². The van der Waals surface area contributed by atoms with Crippen LogP contribution in [0.5, 0.6) is 5.75 Å². The predicted molar refractivity (Wildman–Crippen MR) is 68.0 cm³/mol. The molecule has 2 nitrogen and oxygen atoms in total. The molecule has 1 atom stereocenters. The van der Waals surface area contributed by atoms with Gasteiger partial charge in [0.2, 0.25) is 0 Å². The monoisotopic (exact) mass is 251 g/mol. The first-order valence-electron chi connectivity index (χ1n) is 5.61. The highest BCUT2D eigenvalue weighted by atomic mass is 19.3. The average Bonchev–Trinajstić information content (AvgIpc) is 2.37. The predicted octanol–water partition coefficient (Wildman–Crippen LogP) is 3.29. The van der Waals surface area contributed by atoms with Crippen LogP contribution in [0.25, 0.3) is 10.8 Å². The normalized spacial score (nSPS) is 14.8. The van der Waals surface area contributed by atoms with Crippen LogP contribution in [0.1, 0.15) is 12.5 Å². The van der Waals surface area contributed by atoms with Crippen LogP contribution in [0.3, 0.4) is 0 Å². The van der Waals surface area contributed by atoms with Gasteiger partial charge in [-0.2, -0.15) is 0 Å². The summed E-state index contributed by atoms with van der Waals surface area (Å²) in [7, 11) is 1.55. The molecule has 0 radical (unpaired) electrons. The summed E-state index contributed by atoms with van der Waals surface area (Å²) < 4.78 is 31.3. The molecule has 0 saturated carbocycles. The van der Waals surface area contributed by atoms with Gasteiger partial charge >= 0.3 is 0 Å². The van der Waals surface area contributed by atoms with Gasteiger partial charge in [-0.15, -0.1) is 0 Å². The van der Waals surface area contributed by atoms with Crippen molar-refractivity contribution in [3.63, 3.8) is 0 Å². The molecule has 0 bridgehead atoms. The number of fused-ring (bicyclic) bond motifs is 1. The Labute approximate surface area is 104 Å². The SMILES string of the molecule is COc1ccc(C(C)(N)C(F)F)c2ccccc12. The molecule has 0 aliphatic heterocycles. The van der Waals surface area contributed by atoms with E-state index in [0.717, 1.165) is 5.39 Å². The summed E-state index contributed by atoms with van der Waals surface area (Å²) in [6.45, 7) is 1.34. The number of rotatable bonds is 3. The number of hydrogen-bond donors (Lipinski definition) is 1. The molecule has 0 aliphatic rings. The Hall–Kier alpha value is -1.68. The third kappa shape index (κ3) is 1.93. The molecular formula is C14H15F2NO. The molecule has 4 heteroatoms. The van der Waals surface area contributed by atoms with E-state index in [2.05, 4.69) is 0 Å². The third-order valence-corrected chi connectivity index (χ3v) is 3.14. The smallest absolute Gasteiger partial charge is 0.260 e. The highest BCUT2D eigenvalue weighted by Crippen LogP contribution is 2.35. The van der Waals surface area contributed by atoms with Gasteiger partial charge in [0.15, 0.2) is 0 Å². The molecule has 0 spiro atoms. The summed E-state index contributed by atoms with van der Waals surface area (Å²) in [6, 6.07) is 10.5. The second kappa shape index (κ2) is 4.53. The van der Waals surface area contributed by atoms with Crippen LogP contribution >= 0.6 is 0 Å². The molecule has 2 aromatic carbocycles. The van der Waals surface area contributed by atoms with Crippen molar-refractivity contribution in [2.24, 2.45) is 5.73 Å². The molecule has 2 N–H and O–H groups in total. The van der Waals surface area contributed by atoms with E-state index in [4.69, 9.17) is 10.5 Å². The minimum atomic E-state index is -2.63. The molecule has 2 rings (SSSR count). The van der Waals surface area contributed by atoms with Gasteiger partial charge in [-0.3, -0.25) is 0 Å². The van der Waals surface area contributed by atoms with Gasteiger partial charge in [0, 0.05) is 5.39 Å². The molecule has 0 heterocycles. The van der Waals surface area contributed by atoms with E-state index < -0.39 is 12.0 Å². The standard InChI is InChI=1S/C14H15F2NO/c1-14(17,13(15)16)11-7-8-12(18-2)10-6-4-3-5-9(10)11/h3-8,13H,17H2,1-2H3. The number of halogens is 2. The van der Waals surface area contributed by atoms with E-state index in [9.17, 15) is 8.78 Å². The minimum Gasteiger partial charge on any atom is -0.496 e. The maximum atomic E-state index is 13.1. The van der Waals surface area contributed by atoms with E-state index in [1.807, 2.05) is 12.1 Å². The molecule has 96 valence electrons. The average molecular weight is 251 g/mol. The maximum Gasteiger partial charge on any atom is 0.260 e. The highest BCUT2D eigenvalue weighted by Gasteiger charge is 2.34. The molecule has 0 aliphatic carbocycles. The minimum absolute atomic E-state index is 0.425. The van der Waals surface area contributed by atoms with Crippen LogP contribution in [-0.4, -0.2) is 13.5 Å². The maximum absolute atomic E-state index is 13.1. The van der Waals surface area contributed by atoms with Crippen molar-refractivity contribution in [1.82, 2.24) is 0 Å². The molecule has 0 aromatic heterocycles. The zero-order chi connectivity index (χ0) is 13.3. The van der Waals surface area contributed by atoms with Gasteiger partial charge in [0.05, 0.1) is 7.11 Å². The highest BCUT2D eigenvalue weighted by molar-refractivity contribution is 5.91. The van der Waals surface area contributed by atoms with Crippen LogP contribution in [0, 0.1) is 0 Å². The van der Waals surface area contributed by atoms with Crippen molar-refractivity contribution < 1.29 is 13.5 Å². The Balaban J connectivity index is 2.74. The van der Waals surface area contributed by atoms with Gasteiger partial charge in [0.25, 0.3) is 6.43 Å². The van der Waals surface area contributed by atoms with Gasteiger partial charge in [-0.05, 0) is 23.9 Å². The summed E-state index contributed by atoms with van der Waals surface area (Å²) in [4.78, 5) is 0. The van der Waals surface area contributed by atoms with Crippen molar-refractivity contribution in [2.75, 3.05) is 7.11 Å². The first kappa shape index (κ1) is 12.8. The summed E-state index contributed by atoms with van der Waals surface area (Å²) >= 11 is 0. The first-order valence-corrected chi connectivity index (χ1v) is 5.61. The summed E-state index contributed by atoms with van der Waals surface area (Å²) in [5.74, 6) is 0.652. The summed E-state index contributed by atoms with van der Waals surface area (Å²) in [5, 5.41) is 1.48. The lowest BCUT2D eigenvalue weighted by Crippen LogP contribution is -2.40. The Bertz CT molecular complexity index is 567. The topological polar surface area (TPSA) is 35.2 Å². The molecule has 2 aromatic rings. The van der Waals surface area contributed by atoms with Gasteiger partial charge in [-0.25, -0.2) is 8.78 Å². The Kier molecular flexibility index (Phi) is 3.22. The number of benzene rings is 2. The third-order valence-electron chi connectivity index (χ3n) is 3.14. The van der Waals surface area contributed by atoms with Crippen molar-refractivity contribution in [1.29, 1.82) is 0 Å². The number of ether oxygens (including phenoxy) is 1. The second-order valence-corrected chi connectivity index (χ2v) is 4.44. The van der Waals surface area contributed by atoms with Gasteiger partial charge in [-0.1, -0.05) is 30.3 Å². The molecule has 0 amide bonds. The Morgan fingerprint density at radius 1 is 1.11 bits per heavy atom. The van der Waals surface area contributed by atoms with Crippen LogP contribution in [0.2, 0.25) is 0 Å². The number of hydrogen-bond acceptors (Lipinski definition) is 2. The number of methoxy groups -OCH3 is 1. The van der Waals surface area contributed by atoms with Crippen LogP contribution in [0.4, 0.5) is 8.78 Å². The van der Waals surface area contributed by atoms with Crippen LogP contribution < -0.4 is 10.5 Å². The molecule has 0 fully saturated rings. The zero-order valence-corrected chi connectivity index (χ0v) is 10.3. The molecule has 18 heavy (non-hydrogen) atoms. The second-order valence-electron chi connectivity index (χ2n) is 4.44. The lowest BCUT2D eigenvalue weighted by molar-refractivity contribution is 0.0633. The Morgan fingerprint density at radius 2 is 1.72 bits per heavy atom. The fraction of sp³-hybridized carbons (Fsp3) is 0.286. The summed E-state index contributed by atoms with van der Waals surface area (Å²) in [6.07, 6.45) is -2.63. The first-order chi connectivity index (χ1) is 8.48. The van der Waals surface area contributed by atoms with E-state index in [-0.39, 0.29) is 0 Å². The van der Waals surface area contributed by atoms with Gasteiger partial charge < -0.3 is 10.5 Å². The fourth-order valence-corrected chi connectivity index (χ4v) is 2.04. The van der Waals surface area contributed by atoms with Crippen LogP contribution in [-0.2, 0) is 5.54 Å². The van der Waals surface area contributed by atoms with Crippen molar-refractivity contribution >= 4 is 10.8 Å². The van der Waals surface area contributed by atoms with Crippen molar-refractivity contribution in [3.05, 3.63) is 42.0 Å². The quantitative estimate of drug-likeness (QED) is 0.908. The lowest BCUT2D eigenvalue weighted by Gasteiger charge is -2.26. The van der Waals surface area contributed by atoms with Crippen LogP contribution in [0.15, 0.2) is 36.4 Å². The Morgan fingerprint density at radius 3 is 2.28 bits per heavy atom. The van der Waals surface area contributed by atoms with E-state index >= 15 is 0 Å². The van der Waals surface area contributed by atoms with E-state index in [1.165, 1.54) is 6.92 Å². The largest absolute Gasteiger partial charge is 0.496 e.